The summed E-state index contributed by atoms with van der Waals surface area (Å²) >= 11 is 0. The van der Waals surface area contributed by atoms with Crippen molar-refractivity contribution in [1.29, 1.82) is 0 Å². The molecular formula is C17H27N3O. The number of carbonyl (C=O) groups is 1. The molecule has 1 aliphatic heterocycles. The lowest BCUT2D eigenvalue weighted by Crippen LogP contribution is -2.18. The van der Waals surface area contributed by atoms with Crippen LogP contribution < -0.4 is 15.5 Å². The van der Waals surface area contributed by atoms with E-state index in [1.165, 1.54) is 18.5 Å². The van der Waals surface area contributed by atoms with Gasteiger partial charge in [0.2, 0.25) is 5.91 Å². The average Bonchev–Trinajstić information content (AvgIpc) is 3.00. The summed E-state index contributed by atoms with van der Waals surface area (Å²) in [4.78, 5) is 14.3. The minimum Gasteiger partial charge on any atom is -0.372 e. The Morgan fingerprint density at radius 2 is 2.00 bits per heavy atom. The fraction of sp³-hybridized carbons (Fsp3) is 0.588. The van der Waals surface area contributed by atoms with E-state index >= 15 is 0 Å². The molecule has 2 rings (SSSR count). The zero-order valence-electron chi connectivity index (χ0n) is 13.2. The van der Waals surface area contributed by atoms with E-state index in [9.17, 15) is 4.79 Å². The SMILES string of the molecule is CNCCCCC(=O)Nc1ccc(N2CCCC2)cc1C. The Balaban J connectivity index is 1.86. The van der Waals surface area contributed by atoms with Crippen LogP contribution in [0.15, 0.2) is 18.2 Å². The molecule has 0 aliphatic carbocycles. The lowest BCUT2D eigenvalue weighted by molar-refractivity contribution is -0.116. The number of amides is 1. The molecule has 1 aromatic rings. The Kier molecular flexibility index (Phi) is 6.05. The van der Waals surface area contributed by atoms with Gasteiger partial charge in [-0.15, -0.1) is 0 Å². The number of nitrogens with one attached hydrogen (secondary N) is 2. The summed E-state index contributed by atoms with van der Waals surface area (Å²) < 4.78 is 0. The third-order valence-electron chi connectivity index (χ3n) is 4.04. The Labute approximate surface area is 127 Å². The van der Waals surface area contributed by atoms with Gasteiger partial charge in [0, 0.05) is 30.9 Å². The van der Waals surface area contributed by atoms with Gasteiger partial charge in [-0.25, -0.2) is 0 Å². The van der Waals surface area contributed by atoms with Gasteiger partial charge in [-0.05, 0) is 70.0 Å². The molecule has 0 atom stereocenters. The van der Waals surface area contributed by atoms with Crippen LogP contribution in [0.25, 0.3) is 0 Å². The van der Waals surface area contributed by atoms with Crippen LogP contribution in [0.5, 0.6) is 0 Å². The predicted molar refractivity (Wildman–Crippen MR) is 89.0 cm³/mol. The molecule has 2 N–H and O–H groups in total. The summed E-state index contributed by atoms with van der Waals surface area (Å²) in [7, 11) is 1.94. The van der Waals surface area contributed by atoms with E-state index in [-0.39, 0.29) is 5.91 Å². The largest absolute Gasteiger partial charge is 0.372 e. The van der Waals surface area contributed by atoms with E-state index in [2.05, 4.69) is 34.6 Å². The standard InChI is InChI=1S/C17H27N3O/c1-14-13-15(20-11-5-6-12-20)8-9-16(14)19-17(21)7-3-4-10-18-2/h8-9,13,18H,3-7,10-12H2,1-2H3,(H,19,21). The summed E-state index contributed by atoms with van der Waals surface area (Å²) in [6.45, 7) is 5.33. The van der Waals surface area contributed by atoms with Gasteiger partial charge in [0.05, 0.1) is 0 Å². The number of aryl methyl sites for hydroxylation is 1. The Morgan fingerprint density at radius 1 is 1.24 bits per heavy atom. The van der Waals surface area contributed by atoms with E-state index in [0.29, 0.717) is 6.42 Å². The van der Waals surface area contributed by atoms with Crippen molar-refractivity contribution in [2.24, 2.45) is 0 Å². The van der Waals surface area contributed by atoms with E-state index in [4.69, 9.17) is 0 Å². The number of carbonyl (C=O) groups excluding carboxylic acids is 1. The van der Waals surface area contributed by atoms with Gasteiger partial charge in [-0.2, -0.15) is 0 Å². The van der Waals surface area contributed by atoms with Crippen LogP contribution in [0.2, 0.25) is 0 Å². The van der Waals surface area contributed by atoms with Gasteiger partial charge in [-0.1, -0.05) is 0 Å². The van der Waals surface area contributed by atoms with Crippen molar-refractivity contribution in [3.05, 3.63) is 23.8 Å². The summed E-state index contributed by atoms with van der Waals surface area (Å²) in [5, 5.41) is 6.12. The maximum absolute atomic E-state index is 11.9. The second-order valence-corrected chi connectivity index (χ2v) is 5.80. The first kappa shape index (κ1) is 15.8. The zero-order valence-corrected chi connectivity index (χ0v) is 13.2. The molecule has 1 aromatic carbocycles. The minimum atomic E-state index is 0.114. The van der Waals surface area contributed by atoms with Gasteiger partial charge in [0.1, 0.15) is 0 Å². The van der Waals surface area contributed by atoms with Crippen LogP contribution in [0, 0.1) is 6.92 Å². The van der Waals surface area contributed by atoms with Gasteiger partial charge >= 0.3 is 0 Å². The van der Waals surface area contributed by atoms with Crippen LogP contribution in [-0.2, 0) is 4.79 Å². The summed E-state index contributed by atoms with van der Waals surface area (Å²) in [6, 6.07) is 6.34. The van der Waals surface area contributed by atoms with Crippen LogP contribution in [0.3, 0.4) is 0 Å². The monoisotopic (exact) mass is 289 g/mol. The lowest BCUT2D eigenvalue weighted by atomic mass is 10.1. The fourth-order valence-electron chi connectivity index (χ4n) is 2.76. The maximum Gasteiger partial charge on any atom is 0.224 e. The Hall–Kier alpha value is -1.55. The molecule has 1 amide bonds. The molecule has 0 saturated carbocycles. The number of nitrogens with zero attached hydrogens (tertiary/aromatic N) is 1. The molecule has 0 bridgehead atoms. The molecular weight excluding hydrogens is 262 g/mol. The summed E-state index contributed by atoms with van der Waals surface area (Å²) in [6.07, 6.45) is 5.12. The molecule has 1 heterocycles. The van der Waals surface area contributed by atoms with Crippen LogP contribution in [-0.4, -0.2) is 32.6 Å². The number of rotatable bonds is 7. The van der Waals surface area contributed by atoms with Crippen molar-refractivity contribution in [2.45, 2.75) is 39.0 Å². The van der Waals surface area contributed by atoms with Crippen LogP contribution in [0.1, 0.15) is 37.7 Å². The highest BCUT2D eigenvalue weighted by Gasteiger charge is 2.13. The first-order valence-corrected chi connectivity index (χ1v) is 8.01. The van der Waals surface area contributed by atoms with Crippen LogP contribution >= 0.6 is 0 Å². The highest BCUT2D eigenvalue weighted by atomic mass is 16.1. The van der Waals surface area contributed by atoms with E-state index < -0.39 is 0 Å². The second kappa shape index (κ2) is 8.03. The number of benzene rings is 1. The number of hydrogen-bond acceptors (Lipinski definition) is 3. The summed E-state index contributed by atoms with van der Waals surface area (Å²) in [5.41, 5.74) is 3.36. The normalized spacial score (nSPS) is 14.5. The zero-order chi connectivity index (χ0) is 15.1. The van der Waals surface area contributed by atoms with E-state index in [1.54, 1.807) is 0 Å². The minimum absolute atomic E-state index is 0.114. The lowest BCUT2D eigenvalue weighted by Gasteiger charge is -2.19. The molecule has 0 unspecified atom stereocenters. The van der Waals surface area contributed by atoms with Crippen molar-refractivity contribution in [3.8, 4) is 0 Å². The highest BCUT2D eigenvalue weighted by molar-refractivity contribution is 5.91. The van der Waals surface area contributed by atoms with Crippen molar-refractivity contribution < 1.29 is 4.79 Å². The third-order valence-corrected chi connectivity index (χ3v) is 4.04. The van der Waals surface area contributed by atoms with E-state index in [0.717, 1.165) is 43.7 Å². The van der Waals surface area contributed by atoms with Gasteiger partial charge in [-0.3, -0.25) is 4.79 Å². The van der Waals surface area contributed by atoms with Crippen LogP contribution in [0.4, 0.5) is 11.4 Å². The van der Waals surface area contributed by atoms with Gasteiger partial charge < -0.3 is 15.5 Å². The van der Waals surface area contributed by atoms with Crippen molar-refractivity contribution in [3.63, 3.8) is 0 Å². The molecule has 4 nitrogen and oxygen atoms in total. The average molecular weight is 289 g/mol. The Bertz CT molecular complexity index is 467. The van der Waals surface area contributed by atoms with Crippen molar-refractivity contribution >= 4 is 17.3 Å². The molecule has 1 fully saturated rings. The summed E-state index contributed by atoms with van der Waals surface area (Å²) in [5.74, 6) is 0.114. The molecule has 21 heavy (non-hydrogen) atoms. The molecule has 4 heteroatoms. The molecule has 1 aliphatic rings. The number of anilines is 2. The third kappa shape index (κ3) is 4.74. The van der Waals surface area contributed by atoms with Crippen molar-refractivity contribution in [1.82, 2.24) is 5.32 Å². The van der Waals surface area contributed by atoms with Gasteiger partial charge in [0.15, 0.2) is 0 Å². The topological polar surface area (TPSA) is 44.4 Å². The molecule has 0 spiro atoms. The van der Waals surface area contributed by atoms with E-state index in [1.807, 2.05) is 13.1 Å². The Morgan fingerprint density at radius 3 is 2.67 bits per heavy atom. The maximum atomic E-state index is 11.9. The molecule has 116 valence electrons. The number of unbranched alkanes of at least 4 members (excludes halogenated alkanes) is 1. The number of hydrogen-bond donors (Lipinski definition) is 2. The smallest absolute Gasteiger partial charge is 0.224 e. The molecule has 0 radical (unpaired) electrons. The first-order valence-electron chi connectivity index (χ1n) is 8.01. The second-order valence-electron chi connectivity index (χ2n) is 5.80. The molecule has 1 saturated heterocycles. The van der Waals surface area contributed by atoms with Crippen molar-refractivity contribution in [2.75, 3.05) is 36.9 Å². The first-order chi connectivity index (χ1) is 10.2. The quantitative estimate of drug-likeness (QED) is 0.759. The van der Waals surface area contributed by atoms with Gasteiger partial charge in [0.25, 0.3) is 0 Å². The highest BCUT2D eigenvalue weighted by Crippen LogP contribution is 2.25. The fourth-order valence-corrected chi connectivity index (χ4v) is 2.76. The molecule has 0 aromatic heterocycles. The predicted octanol–water partition coefficient (Wildman–Crippen LogP) is 2.92.